The molecule has 0 amide bonds. The van der Waals surface area contributed by atoms with E-state index in [1.807, 2.05) is 0 Å². The molecule has 0 bridgehead atoms. The predicted molar refractivity (Wildman–Crippen MR) is 86.5 cm³/mol. The van der Waals surface area contributed by atoms with Crippen molar-refractivity contribution in [1.82, 2.24) is 0 Å². The average Bonchev–Trinajstić information content (AvgIpc) is 2.49. The molecule has 2 aromatic carbocycles. The van der Waals surface area contributed by atoms with Gasteiger partial charge in [-0.1, -0.05) is 12.1 Å². The maximum atomic E-state index is 12.5. The summed E-state index contributed by atoms with van der Waals surface area (Å²) in [4.78, 5) is 20.1. The summed E-state index contributed by atoms with van der Waals surface area (Å²) in [7, 11) is -4.14. The zero-order chi connectivity index (χ0) is 18.1. The van der Waals surface area contributed by atoms with Crippen LogP contribution in [-0.2, 0) is 10.0 Å². The Balaban J connectivity index is 2.50. The van der Waals surface area contributed by atoms with E-state index in [2.05, 4.69) is 4.72 Å². The Hall–Kier alpha value is -3.01. The van der Waals surface area contributed by atoms with Gasteiger partial charge >= 0.3 is 0 Å². The third-order valence-electron chi connectivity index (χ3n) is 3.35. The molecule has 0 atom stereocenters. The number of hydrogen-bond acceptors (Lipinski definition) is 6. The first-order chi connectivity index (χ1) is 11.1. The first-order valence-electron chi connectivity index (χ1n) is 6.65. The minimum absolute atomic E-state index is 0.0371. The van der Waals surface area contributed by atoms with Crippen LogP contribution in [0.4, 0.5) is 17.1 Å². The van der Waals surface area contributed by atoms with Crippen LogP contribution in [0, 0.1) is 34.1 Å². The van der Waals surface area contributed by atoms with Crippen LogP contribution in [0.2, 0.25) is 0 Å². The van der Waals surface area contributed by atoms with Crippen molar-refractivity contribution >= 4 is 27.1 Å². The number of non-ortho nitro benzene ring substituents is 2. The van der Waals surface area contributed by atoms with Crippen LogP contribution in [0.5, 0.6) is 0 Å². The Morgan fingerprint density at radius 2 is 1.38 bits per heavy atom. The van der Waals surface area contributed by atoms with Gasteiger partial charge in [0.15, 0.2) is 0 Å². The number of benzene rings is 2. The highest BCUT2D eigenvalue weighted by atomic mass is 32.2. The molecule has 126 valence electrons. The van der Waals surface area contributed by atoms with E-state index in [-0.39, 0.29) is 22.0 Å². The molecule has 0 aliphatic heterocycles. The van der Waals surface area contributed by atoms with Gasteiger partial charge in [0, 0.05) is 24.3 Å². The normalized spacial score (nSPS) is 11.1. The molecule has 0 saturated heterocycles. The van der Waals surface area contributed by atoms with E-state index in [9.17, 15) is 28.6 Å². The van der Waals surface area contributed by atoms with Gasteiger partial charge in [0.05, 0.1) is 20.4 Å². The van der Waals surface area contributed by atoms with E-state index in [1.54, 1.807) is 6.92 Å². The van der Waals surface area contributed by atoms with Crippen LogP contribution < -0.4 is 4.72 Å². The third kappa shape index (κ3) is 3.49. The second-order valence-corrected chi connectivity index (χ2v) is 6.72. The van der Waals surface area contributed by atoms with Gasteiger partial charge in [-0.15, -0.1) is 0 Å². The molecule has 1 N–H and O–H groups in total. The summed E-state index contributed by atoms with van der Waals surface area (Å²) in [5.41, 5.74) is 0.198. The minimum Gasteiger partial charge on any atom is -0.279 e. The van der Waals surface area contributed by atoms with Gasteiger partial charge in [0.25, 0.3) is 21.4 Å². The maximum Gasteiger partial charge on any atom is 0.271 e. The number of aryl methyl sites for hydroxylation is 2. The number of hydrogen-bond donors (Lipinski definition) is 1. The average molecular weight is 351 g/mol. The van der Waals surface area contributed by atoms with E-state index < -0.39 is 19.9 Å². The molecule has 0 unspecified atom stereocenters. The SMILES string of the molecule is Cc1ccc([N+](=O)[O-])cc1NS(=O)(=O)c1cc([N+](=O)[O-])ccc1C. The van der Waals surface area contributed by atoms with E-state index in [0.717, 1.165) is 12.1 Å². The quantitative estimate of drug-likeness (QED) is 0.650. The Morgan fingerprint density at radius 3 is 1.92 bits per heavy atom. The first-order valence-corrected chi connectivity index (χ1v) is 8.13. The van der Waals surface area contributed by atoms with Crippen LogP contribution in [-0.4, -0.2) is 18.3 Å². The smallest absolute Gasteiger partial charge is 0.271 e. The first kappa shape index (κ1) is 17.3. The molecule has 0 aliphatic carbocycles. The second-order valence-electron chi connectivity index (χ2n) is 5.07. The second kappa shape index (κ2) is 6.24. The van der Waals surface area contributed by atoms with Crippen molar-refractivity contribution in [2.24, 2.45) is 0 Å². The summed E-state index contributed by atoms with van der Waals surface area (Å²) < 4.78 is 27.3. The summed E-state index contributed by atoms with van der Waals surface area (Å²) in [6, 6.07) is 7.24. The summed E-state index contributed by atoms with van der Waals surface area (Å²) in [6.07, 6.45) is 0. The largest absolute Gasteiger partial charge is 0.279 e. The standard InChI is InChI=1S/C14H13N3O6S/c1-9-3-5-11(16(18)19)7-13(9)15-24(22,23)14-8-12(17(20)21)6-4-10(14)2/h3-8,15H,1-2H3. The van der Waals surface area contributed by atoms with Gasteiger partial charge in [-0.25, -0.2) is 8.42 Å². The fourth-order valence-electron chi connectivity index (χ4n) is 2.03. The molecule has 2 aromatic rings. The van der Waals surface area contributed by atoms with E-state index in [4.69, 9.17) is 0 Å². The summed E-state index contributed by atoms with van der Waals surface area (Å²) in [5.74, 6) is 0. The molecule has 24 heavy (non-hydrogen) atoms. The Labute approximate surface area is 137 Å². The molecule has 0 spiro atoms. The van der Waals surface area contributed by atoms with Crippen LogP contribution >= 0.6 is 0 Å². The molecule has 0 radical (unpaired) electrons. The van der Waals surface area contributed by atoms with Crippen molar-refractivity contribution in [3.8, 4) is 0 Å². The molecule has 0 fully saturated rings. The lowest BCUT2D eigenvalue weighted by atomic mass is 10.2. The monoisotopic (exact) mass is 351 g/mol. The third-order valence-corrected chi connectivity index (χ3v) is 4.86. The van der Waals surface area contributed by atoms with Gasteiger partial charge in [0.2, 0.25) is 0 Å². The molecule has 10 heteroatoms. The molecular weight excluding hydrogens is 338 g/mol. The van der Waals surface area contributed by atoms with Gasteiger partial charge in [0.1, 0.15) is 0 Å². The summed E-state index contributed by atoms with van der Waals surface area (Å²) >= 11 is 0. The number of nitrogens with one attached hydrogen (secondary N) is 1. The predicted octanol–water partition coefficient (Wildman–Crippen LogP) is 2.92. The lowest BCUT2D eigenvalue weighted by molar-refractivity contribution is -0.385. The molecule has 0 heterocycles. The molecule has 0 saturated carbocycles. The van der Waals surface area contributed by atoms with Gasteiger partial charge in [-0.3, -0.25) is 25.0 Å². The maximum absolute atomic E-state index is 12.5. The van der Waals surface area contributed by atoms with Crippen molar-refractivity contribution in [2.75, 3.05) is 4.72 Å². The minimum atomic E-state index is -4.14. The fraction of sp³-hybridized carbons (Fsp3) is 0.143. The lowest BCUT2D eigenvalue weighted by Gasteiger charge is -2.12. The topological polar surface area (TPSA) is 132 Å². The van der Waals surface area contributed by atoms with Crippen LogP contribution in [0.15, 0.2) is 41.3 Å². The van der Waals surface area contributed by atoms with E-state index in [1.165, 1.54) is 31.2 Å². The number of nitrogens with zero attached hydrogens (tertiary/aromatic N) is 2. The van der Waals surface area contributed by atoms with Crippen molar-refractivity contribution in [3.05, 3.63) is 67.8 Å². The van der Waals surface area contributed by atoms with E-state index in [0.29, 0.717) is 11.1 Å². The van der Waals surface area contributed by atoms with Gasteiger partial charge < -0.3 is 0 Å². The highest BCUT2D eigenvalue weighted by Gasteiger charge is 2.22. The summed E-state index contributed by atoms with van der Waals surface area (Å²) in [5, 5.41) is 21.7. The number of nitro groups is 2. The van der Waals surface area contributed by atoms with Crippen LogP contribution in [0.25, 0.3) is 0 Å². The highest BCUT2D eigenvalue weighted by Crippen LogP contribution is 2.27. The van der Waals surface area contributed by atoms with Crippen molar-refractivity contribution < 1.29 is 18.3 Å². The Kier molecular flexibility index (Phi) is 4.51. The zero-order valence-electron chi connectivity index (χ0n) is 12.7. The van der Waals surface area contributed by atoms with Gasteiger partial charge in [-0.05, 0) is 25.0 Å². The zero-order valence-corrected chi connectivity index (χ0v) is 13.5. The van der Waals surface area contributed by atoms with Crippen LogP contribution in [0.1, 0.15) is 11.1 Å². The van der Waals surface area contributed by atoms with Crippen molar-refractivity contribution in [2.45, 2.75) is 18.7 Å². The highest BCUT2D eigenvalue weighted by molar-refractivity contribution is 7.92. The number of rotatable bonds is 5. The summed E-state index contributed by atoms with van der Waals surface area (Å²) in [6.45, 7) is 3.08. The van der Waals surface area contributed by atoms with Gasteiger partial charge in [-0.2, -0.15) is 0 Å². The molecule has 0 aromatic heterocycles. The Bertz CT molecular complexity index is 940. The molecule has 2 rings (SSSR count). The molecular formula is C14H13N3O6S. The molecule has 9 nitrogen and oxygen atoms in total. The number of sulfonamides is 1. The number of nitro benzene ring substituents is 2. The van der Waals surface area contributed by atoms with Crippen molar-refractivity contribution in [1.29, 1.82) is 0 Å². The lowest BCUT2D eigenvalue weighted by Crippen LogP contribution is -2.15. The Morgan fingerprint density at radius 1 is 0.875 bits per heavy atom. The fourth-order valence-corrected chi connectivity index (χ4v) is 3.41. The number of anilines is 1. The van der Waals surface area contributed by atoms with Crippen molar-refractivity contribution in [3.63, 3.8) is 0 Å². The molecule has 0 aliphatic rings. The van der Waals surface area contributed by atoms with E-state index >= 15 is 0 Å². The van der Waals surface area contributed by atoms with Crippen LogP contribution in [0.3, 0.4) is 0 Å².